The fraction of sp³-hybridized carbons (Fsp3) is 0.222. The van der Waals surface area contributed by atoms with Crippen molar-refractivity contribution in [1.82, 2.24) is 0 Å². The van der Waals surface area contributed by atoms with Crippen molar-refractivity contribution in [2.24, 2.45) is 0 Å². The number of aromatic hydroxyl groups is 1. The van der Waals surface area contributed by atoms with Crippen molar-refractivity contribution in [3.63, 3.8) is 0 Å². The van der Waals surface area contributed by atoms with Crippen LogP contribution < -0.4 is 5.46 Å². The SMILES string of the molecule is CBc1cc(F)c(O)c(C(=O)OC)c1. The van der Waals surface area contributed by atoms with E-state index in [1.54, 1.807) is 0 Å². The van der Waals surface area contributed by atoms with E-state index in [1.165, 1.54) is 19.2 Å². The number of ether oxygens (including phenoxy) is 1. The van der Waals surface area contributed by atoms with E-state index in [0.29, 0.717) is 12.7 Å². The predicted molar refractivity (Wildman–Crippen MR) is 52.1 cm³/mol. The molecule has 74 valence electrons. The van der Waals surface area contributed by atoms with Crippen LogP contribution in [-0.4, -0.2) is 25.5 Å². The van der Waals surface area contributed by atoms with Crippen LogP contribution in [0.1, 0.15) is 10.4 Å². The number of hydrogen-bond acceptors (Lipinski definition) is 3. The van der Waals surface area contributed by atoms with Gasteiger partial charge in [0.1, 0.15) is 5.56 Å². The molecule has 0 amide bonds. The largest absolute Gasteiger partial charge is 0.504 e. The highest BCUT2D eigenvalue weighted by Gasteiger charge is 2.16. The van der Waals surface area contributed by atoms with Crippen molar-refractivity contribution >= 4 is 18.7 Å². The average molecular weight is 196 g/mol. The number of carbonyl (C=O) groups is 1. The summed E-state index contributed by atoms with van der Waals surface area (Å²) < 4.78 is 17.5. The van der Waals surface area contributed by atoms with Crippen LogP contribution in [0.4, 0.5) is 4.39 Å². The fourth-order valence-corrected chi connectivity index (χ4v) is 1.12. The molecule has 1 aromatic rings. The summed E-state index contributed by atoms with van der Waals surface area (Å²) in [5.41, 5.74) is 0.505. The summed E-state index contributed by atoms with van der Waals surface area (Å²) in [6.45, 7) is 1.83. The van der Waals surface area contributed by atoms with Crippen molar-refractivity contribution in [3.8, 4) is 5.75 Å². The lowest BCUT2D eigenvalue weighted by Gasteiger charge is -2.05. The maximum Gasteiger partial charge on any atom is 0.341 e. The molecule has 1 N–H and O–H groups in total. The Labute approximate surface area is 81.7 Å². The van der Waals surface area contributed by atoms with E-state index in [1.807, 2.05) is 6.82 Å². The number of carbonyl (C=O) groups excluding carboxylic acids is 1. The van der Waals surface area contributed by atoms with Gasteiger partial charge in [-0.1, -0.05) is 12.3 Å². The second-order valence-corrected chi connectivity index (χ2v) is 2.82. The highest BCUT2D eigenvalue weighted by Crippen LogP contribution is 2.20. The summed E-state index contributed by atoms with van der Waals surface area (Å²) in [5, 5.41) is 9.24. The van der Waals surface area contributed by atoms with E-state index >= 15 is 0 Å². The minimum Gasteiger partial charge on any atom is -0.504 e. The summed E-state index contributed by atoms with van der Waals surface area (Å²) in [7, 11) is 1.76. The number of methoxy groups -OCH3 is 1. The third kappa shape index (κ3) is 1.87. The minimum absolute atomic E-state index is 0.135. The van der Waals surface area contributed by atoms with Crippen LogP contribution in [0, 0.1) is 5.82 Å². The van der Waals surface area contributed by atoms with Gasteiger partial charge < -0.3 is 9.84 Å². The van der Waals surface area contributed by atoms with Crippen LogP contribution in [-0.2, 0) is 4.74 Å². The molecule has 3 nitrogen and oxygen atoms in total. The van der Waals surface area contributed by atoms with Crippen LogP contribution >= 0.6 is 0 Å². The van der Waals surface area contributed by atoms with E-state index in [-0.39, 0.29) is 5.56 Å². The first kappa shape index (κ1) is 10.6. The molecule has 0 aliphatic carbocycles. The Kier molecular flexibility index (Phi) is 3.12. The molecule has 0 spiro atoms. The van der Waals surface area contributed by atoms with Crippen molar-refractivity contribution in [1.29, 1.82) is 0 Å². The smallest absolute Gasteiger partial charge is 0.341 e. The van der Waals surface area contributed by atoms with E-state index in [2.05, 4.69) is 4.74 Å². The van der Waals surface area contributed by atoms with Gasteiger partial charge in [-0.05, 0) is 12.1 Å². The maximum absolute atomic E-state index is 13.1. The average Bonchev–Trinajstić information content (AvgIpc) is 2.20. The number of hydrogen-bond donors (Lipinski definition) is 1. The Morgan fingerprint density at radius 2 is 2.21 bits per heavy atom. The number of halogens is 1. The zero-order chi connectivity index (χ0) is 10.7. The summed E-state index contributed by atoms with van der Waals surface area (Å²) in [6, 6.07) is 2.62. The third-order valence-corrected chi connectivity index (χ3v) is 1.94. The van der Waals surface area contributed by atoms with Crippen molar-refractivity contribution in [3.05, 3.63) is 23.5 Å². The van der Waals surface area contributed by atoms with E-state index in [9.17, 15) is 14.3 Å². The quantitative estimate of drug-likeness (QED) is 0.550. The van der Waals surface area contributed by atoms with Gasteiger partial charge in [-0.25, -0.2) is 9.18 Å². The van der Waals surface area contributed by atoms with Crippen molar-refractivity contribution < 1.29 is 19.0 Å². The van der Waals surface area contributed by atoms with Crippen LogP contribution in [0.2, 0.25) is 6.82 Å². The Morgan fingerprint density at radius 3 is 2.71 bits per heavy atom. The molecule has 1 aromatic carbocycles. The van der Waals surface area contributed by atoms with Gasteiger partial charge in [-0.2, -0.15) is 0 Å². The molecule has 0 unspecified atom stereocenters. The molecule has 0 saturated carbocycles. The van der Waals surface area contributed by atoms with Crippen molar-refractivity contribution in [2.45, 2.75) is 6.82 Å². The number of rotatable bonds is 2. The summed E-state index contributed by atoms with van der Waals surface area (Å²) in [4.78, 5) is 11.1. The second-order valence-electron chi connectivity index (χ2n) is 2.82. The van der Waals surface area contributed by atoms with Crippen LogP contribution in [0.3, 0.4) is 0 Å². The Morgan fingerprint density at radius 1 is 1.57 bits per heavy atom. The highest BCUT2D eigenvalue weighted by molar-refractivity contribution is 6.52. The van der Waals surface area contributed by atoms with Gasteiger partial charge in [-0.3, -0.25) is 0 Å². The standard InChI is InChI=1S/C9H10BFO3/c1-10-5-3-6(9(13)14-2)8(12)7(11)4-5/h3-4,10,12H,1-2H3. The molecule has 0 atom stereocenters. The Bertz CT molecular complexity index is 365. The lowest BCUT2D eigenvalue weighted by Crippen LogP contribution is -2.15. The second kappa shape index (κ2) is 4.13. The first-order valence-corrected chi connectivity index (χ1v) is 4.19. The first-order valence-electron chi connectivity index (χ1n) is 4.19. The van der Waals surface area contributed by atoms with Gasteiger partial charge in [-0.15, -0.1) is 0 Å². The normalized spacial score (nSPS) is 9.64. The lowest BCUT2D eigenvalue weighted by molar-refractivity contribution is 0.0596. The third-order valence-electron chi connectivity index (χ3n) is 1.94. The molecular formula is C9H10BFO3. The first-order chi connectivity index (χ1) is 6.60. The summed E-state index contributed by atoms with van der Waals surface area (Å²) in [5.74, 6) is -2.20. The maximum atomic E-state index is 13.1. The molecule has 0 aromatic heterocycles. The van der Waals surface area contributed by atoms with Gasteiger partial charge in [0.05, 0.1) is 7.11 Å². The van der Waals surface area contributed by atoms with E-state index < -0.39 is 17.5 Å². The molecule has 0 aliphatic heterocycles. The van der Waals surface area contributed by atoms with E-state index in [4.69, 9.17) is 0 Å². The van der Waals surface area contributed by atoms with Crippen LogP contribution in [0.25, 0.3) is 0 Å². The molecule has 0 bridgehead atoms. The number of benzene rings is 1. The molecule has 0 radical (unpaired) electrons. The molecular weight excluding hydrogens is 186 g/mol. The number of phenolic OH excluding ortho intramolecular Hbond substituents is 1. The van der Waals surface area contributed by atoms with Crippen LogP contribution in [0.5, 0.6) is 5.75 Å². The summed E-state index contributed by atoms with van der Waals surface area (Å²) in [6.07, 6.45) is 0. The topological polar surface area (TPSA) is 46.5 Å². The fourth-order valence-electron chi connectivity index (χ4n) is 1.12. The lowest BCUT2D eigenvalue weighted by atomic mass is 9.73. The van der Waals surface area contributed by atoms with Gasteiger partial charge in [0.25, 0.3) is 0 Å². The van der Waals surface area contributed by atoms with Gasteiger partial charge in [0.15, 0.2) is 18.8 Å². The van der Waals surface area contributed by atoms with Gasteiger partial charge >= 0.3 is 5.97 Å². The number of phenols is 1. The number of esters is 1. The molecule has 14 heavy (non-hydrogen) atoms. The minimum atomic E-state index is -0.801. The molecule has 1 rings (SSSR count). The molecule has 0 saturated heterocycles. The monoisotopic (exact) mass is 196 g/mol. The summed E-state index contributed by atoms with van der Waals surface area (Å²) >= 11 is 0. The molecule has 0 heterocycles. The zero-order valence-corrected chi connectivity index (χ0v) is 8.00. The van der Waals surface area contributed by atoms with Crippen molar-refractivity contribution in [2.75, 3.05) is 7.11 Å². The Hall–Kier alpha value is -1.52. The zero-order valence-electron chi connectivity index (χ0n) is 8.00. The predicted octanol–water partition coefficient (Wildman–Crippen LogP) is 0.428. The highest BCUT2D eigenvalue weighted by atomic mass is 19.1. The molecule has 0 fully saturated rings. The van der Waals surface area contributed by atoms with Gasteiger partial charge in [0, 0.05) is 0 Å². The molecule has 0 aliphatic rings. The van der Waals surface area contributed by atoms with Crippen LogP contribution in [0.15, 0.2) is 12.1 Å². The van der Waals surface area contributed by atoms with Gasteiger partial charge in [0.2, 0.25) is 0 Å². The molecule has 5 heteroatoms. The Balaban J connectivity index is 3.27. The van der Waals surface area contributed by atoms with E-state index in [0.717, 1.165) is 0 Å².